The van der Waals surface area contributed by atoms with Crippen molar-refractivity contribution in [1.82, 2.24) is 9.97 Å². The van der Waals surface area contributed by atoms with Crippen LogP contribution in [0.1, 0.15) is 5.56 Å². The topological polar surface area (TPSA) is 63.8 Å². The lowest BCUT2D eigenvalue weighted by Crippen LogP contribution is -2.01. The number of hydrogen-bond acceptors (Lipinski definition) is 4. The van der Waals surface area contributed by atoms with Crippen LogP contribution in [0.15, 0.2) is 48.5 Å². The lowest BCUT2D eigenvalue weighted by atomic mass is 10.2. The van der Waals surface area contributed by atoms with Crippen molar-refractivity contribution in [2.45, 2.75) is 6.92 Å². The third-order valence-electron chi connectivity index (χ3n) is 2.93. The summed E-state index contributed by atoms with van der Waals surface area (Å²) >= 11 is 0. The second kappa shape index (κ2) is 4.57. The number of nitrogens with one attached hydrogen (secondary N) is 1. The van der Waals surface area contributed by atoms with Crippen LogP contribution in [0.5, 0.6) is 0 Å². The van der Waals surface area contributed by atoms with Crippen molar-refractivity contribution >= 4 is 28.4 Å². The van der Waals surface area contributed by atoms with Gasteiger partial charge < -0.3 is 11.1 Å². The van der Waals surface area contributed by atoms with Gasteiger partial charge in [-0.05, 0) is 31.2 Å². The highest BCUT2D eigenvalue weighted by molar-refractivity contribution is 5.91. The van der Waals surface area contributed by atoms with Crippen molar-refractivity contribution in [3.8, 4) is 0 Å². The molecule has 0 spiro atoms. The van der Waals surface area contributed by atoms with Crippen LogP contribution in [-0.4, -0.2) is 9.97 Å². The first kappa shape index (κ1) is 11.5. The summed E-state index contributed by atoms with van der Waals surface area (Å²) in [5, 5.41) is 4.24. The van der Waals surface area contributed by atoms with Crippen molar-refractivity contribution in [2.75, 3.05) is 11.1 Å². The molecule has 0 unspecified atom stereocenters. The predicted molar refractivity (Wildman–Crippen MR) is 78.4 cm³/mol. The van der Waals surface area contributed by atoms with Crippen LogP contribution in [0.4, 0.5) is 17.5 Å². The van der Waals surface area contributed by atoms with Gasteiger partial charge in [-0.1, -0.05) is 29.8 Å². The van der Waals surface area contributed by atoms with Crippen LogP contribution in [-0.2, 0) is 0 Å². The average Bonchev–Trinajstić information content (AvgIpc) is 2.41. The summed E-state index contributed by atoms with van der Waals surface area (Å²) < 4.78 is 0. The SMILES string of the molecule is Cc1ccc(Nc2nc(N)nc3ccccc23)cc1. The zero-order valence-corrected chi connectivity index (χ0v) is 10.6. The maximum absolute atomic E-state index is 5.74. The fourth-order valence-corrected chi connectivity index (χ4v) is 1.96. The Balaban J connectivity index is 2.07. The minimum Gasteiger partial charge on any atom is -0.368 e. The first-order valence-corrected chi connectivity index (χ1v) is 6.08. The van der Waals surface area contributed by atoms with E-state index in [0.29, 0.717) is 0 Å². The number of aromatic nitrogens is 2. The molecule has 0 saturated carbocycles. The van der Waals surface area contributed by atoms with Crippen molar-refractivity contribution < 1.29 is 0 Å². The van der Waals surface area contributed by atoms with Crippen molar-refractivity contribution in [2.24, 2.45) is 0 Å². The molecule has 3 rings (SSSR count). The number of nitrogens with zero attached hydrogens (tertiary/aromatic N) is 2. The Morgan fingerprint density at radius 3 is 2.47 bits per heavy atom. The maximum atomic E-state index is 5.74. The largest absolute Gasteiger partial charge is 0.368 e. The van der Waals surface area contributed by atoms with E-state index in [-0.39, 0.29) is 5.95 Å². The van der Waals surface area contributed by atoms with Crippen molar-refractivity contribution in [3.63, 3.8) is 0 Å². The van der Waals surface area contributed by atoms with Crippen molar-refractivity contribution in [1.29, 1.82) is 0 Å². The van der Waals surface area contributed by atoms with Gasteiger partial charge in [-0.2, -0.15) is 4.98 Å². The normalized spacial score (nSPS) is 10.6. The Morgan fingerprint density at radius 2 is 1.68 bits per heavy atom. The molecule has 4 nitrogen and oxygen atoms in total. The lowest BCUT2D eigenvalue weighted by molar-refractivity contribution is 1.23. The highest BCUT2D eigenvalue weighted by atomic mass is 15.1. The minimum absolute atomic E-state index is 0.272. The summed E-state index contributed by atoms with van der Waals surface area (Å²) in [5.74, 6) is 1.00. The van der Waals surface area contributed by atoms with Crippen LogP contribution in [0.3, 0.4) is 0 Å². The Bertz CT molecular complexity index is 720. The summed E-state index contributed by atoms with van der Waals surface area (Å²) in [4.78, 5) is 8.49. The van der Waals surface area contributed by atoms with E-state index >= 15 is 0 Å². The molecule has 0 atom stereocenters. The van der Waals surface area contributed by atoms with Gasteiger partial charge in [0.2, 0.25) is 5.95 Å². The van der Waals surface area contributed by atoms with Gasteiger partial charge in [0.1, 0.15) is 5.82 Å². The molecule has 0 amide bonds. The molecular weight excluding hydrogens is 236 g/mol. The van der Waals surface area contributed by atoms with Crippen molar-refractivity contribution in [3.05, 3.63) is 54.1 Å². The van der Waals surface area contributed by atoms with E-state index in [1.54, 1.807) is 0 Å². The Labute approximate surface area is 111 Å². The molecule has 0 saturated heterocycles. The number of anilines is 3. The maximum Gasteiger partial charge on any atom is 0.222 e. The molecule has 1 heterocycles. The van der Waals surface area contributed by atoms with Gasteiger partial charge in [0.25, 0.3) is 0 Å². The molecule has 0 aliphatic carbocycles. The minimum atomic E-state index is 0.272. The number of fused-ring (bicyclic) bond motifs is 1. The standard InChI is InChI=1S/C15H14N4/c1-10-6-8-11(9-7-10)17-14-12-4-2-3-5-13(12)18-15(16)19-14/h2-9H,1H3,(H3,16,17,18,19). The molecule has 1 aromatic heterocycles. The zero-order chi connectivity index (χ0) is 13.2. The van der Waals surface area contributed by atoms with E-state index in [9.17, 15) is 0 Å². The van der Waals surface area contributed by atoms with Crippen LogP contribution < -0.4 is 11.1 Å². The molecule has 0 fully saturated rings. The third-order valence-corrected chi connectivity index (χ3v) is 2.93. The van der Waals surface area contributed by atoms with E-state index in [0.717, 1.165) is 22.4 Å². The smallest absolute Gasteiger partial charge is 0.222 e. The first-order valence-electron chi connectivity index (χ1n) is 6.08. The van der Waals surface area contributed by atoms with Gasteiger partial charge in [-0.3, -0.25) is 0 Å². The average molecular weight is 250 g/mol. The van der Waals surface area contributed by atoms with E-state index in [1.807, 2.05) is 36.4 Å². The van der Waals surface area contributed by atoms with Gasteiger partial charge in [-0.25, -0.2) is 4.98 Å². The number of nitrogen functional groups attached to an aromatic ring is 1. The molecule has 0 aliphatic rings. The molecule has 19 heavy (non-hydrogen) atoms. The van der Waals surface area contributed by atoms with E-state index < -0.39 is 0 Å². The molecule has 0 aliphatic heterocycles. The Hall–Kier alpha value is -2.62. The van der Waals surface area contributed by atoms with Gasteiger partial charge in [-0.15, -0.1) is 0 Å². The number of benzene rings is 2. The molecule has 3 N–H and O–H groups in total. The number of aryl methyl sites for hydroxylation is 1. The molecule has 94 valence electrons. The zero-order valence-electron chi connectivity index (χ0n) is 10.6. The van der Waals surface area contributed by atoms with E-state index in [1.165, 1.54) is 5.56 Å². The second-order valence-electron chi connectivity index (χ2n) is 4.44. The quantitative estimate of drug-likeness (QED) is 0.732. The Kier molecular flexibility index (Phi) is 2.76. The number of rotatable bonds is 2. The van der Waals surface area contributed by atoms with Gasteiger partial charge in [0.05, 0.1) is 5.52 Å². The fourth-order valence-electron chi connectivity index (χ4n) is 1.96. The molecule has 0 bridgehead atoms. The van der Waals surface area contributed by atoms with Crippen LogP contribution >= 0.6 is 0 Å². The summed E-state index contributed by atoms with van der Waals surface area (Å²) in [6.45, 7) is 2.06. The number of nitrogens with two attached hydrogens (primary N) is 1. The van der Waals surface area contributed by atoms with Crippen LogP contribution in [0, 0.1) is 6.92 Å². The van der Waals surface area contributed by atoms with E-state index in [2.05, 4.69) is 34.3 Å². The van der Waals surface area contributed by atoms with Gasteiger partial charge in [0, 0.05) is 11.1 Å². The van der Waals surface area contributed by atoms with E-state index in [4.69, 9.17) is 5.73 Å². The molecule has 3 aromatic rings. The predicted octanol–water partition coefficient (Wildman–Crippen LogP) is 3.26. The molecule has 4 heteroatoms. The lowest BCUT2D eigenvalue weighted by Gasteiger charge is -2.09. The van der Waals surface area contributed by atoms with Gasteiger partial charge in [0.15, 0.2) is 0 Å². The Morgan fingerprint density at radius 1 is 0.947 bits per heavy atom. The monoisotopic (exact) mass is 250 g/mol. The number of para-hydroxylation sites is 1. The summed E-state index contributed by atoms with van der Waals surface area (Å²) in [5.41, 5.74) is 8.78. The molecule has 2 aromatic carbocycles. The third kappa shape index (κ3) is 2.33. The summed E-state index contributed by atoms with van der Waals surface area (Å²) in [6.07, 6.45) is 0. The first-order chi connectivity index (χ1) is 9.22. The van der Waals surface area contributed by atoms with Crippen LogP contribution in [0.25, 0.3) is 10.9 Å². The summed E-state index contributed by atoms with van der Waals surface area (Å²) in [6, 6.07) is 15.9. The molecule has 0 radical (unpaired) electrons. The number of hydrogen-bond donors (Lipinski definition) is 2. The van der Waals surface area contributed by atoms with Gasteiger partial charge >= 0.3 is 0 Å². The van der Waals surface area contributed by atoms with Crippen LogP contribution in [0.2, 0.25) is 0 Å². The summed E-state index contributed by atoms with van der Waals surface area (Å²) in [7, 11) is 0. The highest BCUT2D eigenvalue weighted by Gasteiger charge is 2.05. The second-order valence-corrected chi connectivity index (χ2v) is 4.44. The highest BCUT2D eigenvalue weighted by Crippen LogP contribution is 2.24. The molecular formula is C15H14N4. The fraction of sp³-hybridized carbons (Fsp3) is 0.0667.